The van der Waals surface area contributed by atoms with Gasteiger partial charge in [0.05, 0.1) is 6.10 Å². The molecule has 0 heterocycles. The molecule has 1 aliphatic carbocycles. The summed E-state index contributed by atoms with van der Waals surface area (Å²) < 4.78 is 0. The second kappa shape index (κ2) is 5.53. The molecule has 0 spiro atoms. The minimum Gasteiger partial charge on any atom is -0.392 e. The van der Waals surface area contributed by atoms with Crippen LogP contribution in [0.4, 0.5) is 0 Å². The molecular formula is C15H21NO2. The van der Waals surface area contributed by atoms with Crippen LogP contribution in [-0.4, -0.2) is 35.6 Å². The number of aryl methyl sites for hydroxylation is 2. The van der Waals surface area contributed by atoms with Gasteiger partial charge in [-0.25, -0.2) is 0 Å². The van der Waals surface area contributed by atoms with E-state index >= 15 is 0 Å². The lowest BCUT2D eigenvalue weighted by Gasteiger charge is -2.21. The summed E-state index contributed by atoms with van der Waals surface area (Å²) in [5, 5.41) is 9.32. The molecule has 1 amide bonds. The van der Waals surface area contributed by atoms with Crippen LogP contribution in [0.15, 0.2) is 18.2 Å². The molecule has 0 fully saturated rings. The van der Waals surface area contributed by atoms with Gasteiger partial charge in [0.2, 0.25) is 0 Å². The summed E-state index contributed by atoms with van der Waals surface area (Å²) in [4.78, 5) is 13.8. The van der Waals surface area contributed by atoms with Gasteiger partial charge in [0.1, 0.15) is 0 Å². The van der Waals surface area contributed by atoms with Crippen molar-refractivity contribution in [2.45, 2.75) is 38.7 Å². The monoisotopic (exact) mass is 247 g/mol. The van der Waals surface area contributed by atoms with E-state index in [1.54, 1.807) is 18.9 Å². The van der Waals surface area contributed by atoms with Gasteiger partial charge < -0.3 is 10.0 Å². The lowest BCUT2D eigenvalue weighted by atomic mass is 9.90. The zero-order valence-electron chi connectivity index (χ0n) is 11.1. The van der Waals surface area contributed by atoms with Gasteiger partial charge in [0, 0.05) is 19.2 Å². The van der Waals surface area contributed by atoms with Crippen LogP contribution >= 0.6 is 0 Å². The highest BCUT2D eigenvalue weighted by Crippen LogP contribution is 2.22. The Morgan fingerprint density at radius 3 is 2.67 bits per heavy atom. The second-order valence-electron chi connectivity index (χ2n) is 5.23. The number of aliphatic hydroxyl groups is 1. The topological polar surface area (TPSA) is 40.5 Å². The Labute approximate surface area is 108 Å². The molecule has 98 valence electrons. The van der Waals surface area contributed by atoms with Gasteiger partial charge in [-0.15, -0.1) is 0 Å². The first-order valence-corrected chi connectivity index (χ1v) is 6.63. The highest BCUT2D eigenvalue weighted by Gasteiger charge is 2.16. The van der Waals surface area contributed by atoms with Crippen molar-refractivity contribution >= 4 is 5.91 Å². The van der Waals surface area contributed by atoms with Crippen molar-refractivity contribution in [2.75, 3.05) is 13.6 Å². The molecule has 0 saturated heterocycles. The van der Waals surface area contributed by atoms with E-state index in [-0.39, 0.29) is 5.91 Å². The first-order chi connectivity index (χ1) is 8.58. The summed E-state index contributed by atoms with van der Waals surface area (Å²) in [5.41, 5.74) is 3.44. The number of likely N-dealkylation sites (N-methyl/N-ethyl adjacent to an activating group) is 1. The maximum atomic E-state index is 12.2. The maximum absolute atomic E-state index is 12.2. The maximum Gasteiger partial charge on any atom is 0.253 e. The molecule has 1 aromatic carbocycles. The van der Waals surface area contributed by atoms with Crippen molar-refractivity contribution in [2.24, 2.45) is 0 Å². The van der Waals surface area contributed by atoms with Gasteiger partial charge >= 0.3 is 0 Å². The van der Waals surface area contributed by atoms with Crippen molar-refractivity contribution in [1.82, 2.24) is 4.90 Å². The molecule has 2 rings (SSSR count). The minimum absolute atomic E-state index is 0.00993. The molecule has 1 atom stereocenters. The number of rotatable bonds is 3. The average Bonchev–Trinajstić information content (AvgIpc) is 2.36. The molecule has 0 radical (unpaired) electrons. The highest BCUT2D eigenvalue weighted by atomic mass is 16.3. The number of hydrogen-bond acceptors (Lipinski definition) is 2. The number of benzene rings is 1. The molecule has 18 heavy (non-hydrogen) atoms. The third-order valence-electron chi connectivity index (χ3n) is 3.48. The number of hydrogen-bond donors (Lipinski definition) is 1. The molecule has 0 aromatic heterocycles. The molecule has 3 nitrogen and oxygen atoms in total. The summed E-state index contributed by atoms with van der Waals surface area (Å²) >= 11 is 0. The molecule has 3 heteroatoms. The van der Waals surface area contributed by atoms with Crippen LogP contribution in [0, 0.1) is 0 Å². The largest absolute Gasteiger partial charge is 0.392 e. The number of aliphatic hydroxyl groups excluding tert-OH is 1. The standard InChI is InChI=1S/C15H21NO2/c1-11(17)10-16(2)15(18)14-8-7-12-5-3-4-6-13(12)9-14/h7-9,11,17H,3-6,10H2,1-2H3. The SMILES string of the molecule is CC(O)CN(C)C(=O)c1ccc2c(c1)CCCC2. The van der Waals surface area contributed by atoms with Gasteiger partial charge in [-0.1, -0.05) is 6.07 Å². The number of fused-ring (bicyclic) bond motifs is 1. The fraction of sp³-hybridized carbons (Fsp3) is 0.533. The number of nitrogens with zero attached hydrogens (tertiary/aromatic N) is 1. The minimum atomic E-state index is -0.489. The second-order valence-corrected chi connectivity index (χ2v) is 5.23. The molecule has 0 aliphatic heterocycles. The van der Waals surface area contributed by atoms with Crippen LogP contribution in [0.5, 0.6) is 0 Å². The Balaban J connectivity index is 2.15. The summed E-state index contributed by atoms with van der Waals surface area (Å²) in [6.45, 7) is 2.06. The van der Waals surface area contributed by atoms with E-state index in [0.717, 1.165) is 18.4 Å². The van der Waals surface area contributed by atoms with Crippen molar-refractivity contribution in [3.63, 3.8) is 0 Å². The molecule has 1 aromatic rings. The lowest BCUT2D eigenvalue weighted by molar-refractivity contribution is 0.0703. The van der Waals surface area contributed by atoms with Crippen LogP contribution in [0.2, 0.25) is 0 Å². The van der Waals surface area contributed by atoms with E-state index in [4.69, 9.17) is 0 Å². The molecule has 1 N–H and O–H groups in total. The van der Waals surface area contributed by atoms with Crippen LogP contribution in [0.3, 0.4) is 0 Å². The van der Waals surface area contributed by atoms with Crippen LogP contribution in [-0.2, 0) is 12.8 Å². The van der Waals surface area contributed by atoms with Gasteiger partial charge in [0.15, 0.2) is 0 Å². The van der Waals surface area contributed by atoms with Crippen molar-refractivity contribution in [3.8, 4) is 0 Å². The summed E-state index contributed by atoms with van der Waals surface area (Å²) in [6, 6.07) is 6.01. The Kier molecular flexibility index (Phi) is 4.02. The molecule has 1 unspecified atom stereocenters. The number of amides is 1. The predicted molar refractivity (Wildman–Crippen MR) is 71.7 cm³/mol. The average molecular weight is 247 g/mol. The number of carbonyl (C=O) groups excluding carboxylic acids is 1. The molecular weight excluding hydrogens is 226 g/mol. The summed E-state index contributed by atoms with van der Waals surface area (Å²) in [7, 11) is 1.73. The third kappa shape index (κ3) is 2.91. The lowest BCUT2D eigenvalue weighted by Crippen LogP contribution is -2.33. The zero-order valence-corrected chi connectivity index (χ0v) is 11.1. The van der Waals surface area contributed by atoms with E-state index in [9.17, 15) is 9.90 Å². The van der Waals surface area contributed by atoms with Crippen LogP contribution in [0.25, 0.3) is 0 Å². The summed E-state index contributed by atoms with van der Waals surface area (Å²) in [5.74, 6) is -0.00993. The molecule has 1 aliphatic rings. The van der Waals surface area contributed by atoms with E-state index in [1.165, 1.54) is 24.0 Å². The van der Waals surface area contributed by atoms with Crippen molar-refractivity contribution < 1.29 is 9.90 Å². The first kappa shape index (κ1) is 13.1. The van der Waals surface area contributed by atoms with Gasteiger partial charge in [-0.05, 0) is 55.9 Å². The molecule has 0 saturated carbocycles. The van der Waals surface area contributed by atoms with Crippen LogP contribution in [0.1, 0.15) is 41.3 Å². The Morgan fingerprint density at radius 1 is 1.33 bits per heavy atom. The highest BCUT2D eigenvalue weighted by molar-refractivity contribution is 5.94. The number of carbonyl (C=O) groups is 1. The van der Waals surface area contributed by atoms with E-state index in [2.05, 4.69) is 6.07 Å². The molecule has 0 bridgehead atoms. The summed E-state index contributed by atoms with van der Waals surface area (Å²) in [6.07, 6.45) is 4.19. The smallest absolute Gasteiger partial charge is 0.253 e. The van der Waals surface area contributed by atoms with Gasteiger partial charge in [0.25, 0.3) is 5.91 Å². The third-order valence-corrected chi connectivity index (χ3v) is 3.48. The van der Waals surface area contributed by atoms with Crippen molar-refractivity contribution in [3.05, 3.63) is 34.9 Å². The predicted octanol–water partition coefficient (Wildman–Crippen LogP) is 2.02. The van der Waals surface area contributed by atoms with Gasteiger partial charge in [-0.3, -0.25) is 4.79 Å². The first-order valence-electron chi connectivity index (χ1n) is 6.63. The van der Waals surface area contributed by atoms with E-state index in [0.29, 0.717) is 6.54 Å². The fourth-order valence-corrected chi connectivity index (χ4v) is 2.57. The Morgan fingerprint density at radius 2 is 2.00 bits per heavy atom. The van der Waals surface area contributed by atoms with Crippen LogP contribution < -0.4 is 0 Å². The zero-order chi connectivity index (χ0) is 13.1. The van der Waals surface area contributed by atoms with Crippen molar-refractivity contribution in [1.29, 1.82) is 0 Å². The van der Waals surface area contributed by atoms with E-state index in [1.807, 2.05) is 12.1 Å². The van der Waals surface area contributed by atoms with Gasteiger partial charge in [-0.2, -0.15) is 0 Å². The van der Waals surface area contributed by atoms with E-state index < -0.39 is 6.10 Å². The fourth-order valence-electron chi connectivity index (χ4n) is 2.57. The Hall–Kier alpha value is -1.35. The normalized spacial score (nSPS) is 15.9. The quantitative estimate of drug-likeness (QED) is 0.887. The Bertz CT molecular complexity index is 440.